The maximum absolute atomic E-state index is 12.2. The summed E-state index contributed by atoms with van der Waals surface area (Å²) in [7, 11) is 4.03. The Kier molecular flexibility index (Phi) is 6.89. The summed E-state index contributed by atoms with van der Waals surface area (Å²) < 4.78 is 0. The number of carbonyl (C=O) groups excluding carboxylic acids is 1. The van der Waals surface area contributed by atoms with Gasteiger partial charge in [-0.25, -0.2) is 9.97 Å². The van der Waals surface area contributed by atoms with Gasteiger partial charge >= 0.3 is 0 Å². The van der Waals surface area contributed by atoms with E-state index >= 15 is 0 Å². The van der Waals surface area contributed by atoms with Crippen molar-refractivity contribution in [2.24, 2.45) is 0 Å². The van der Waals surface area contributed by atoms with E-state index in [1.807, 2.05) is 32.3 Å². The Labute approximate surface area is 149 Å². The van der Waals surface area contributed by atoms with E-state index in [4.69, 9.17) is 0 Å². The predicted molar refractivity (Wildman–Crippen MR) is 101 cm³/mol. The first-order valence-corrected chi connectivity index (χ1v) is 8.59. The number of aromatic nitrogens is 2. The third-order valence-corrected chi connectivity index (χ3v) is 3.79. The van der Waals surface area contributed by atoms with Crippen molar-refractivity contribution in [2.45, 2.75) is 26.2 Å². The minimum absolute atomic E-state index is 0.179. The van der Waals surface area contributed by atoms with Gasteiger partial charge in [-0.2, -0.15) is 0 Å². The van der Waals surface area contributed by atoms with Crippen molar-refractivity contribution in [1.82, 2.24) is 20.2 Å². The van der Waals surface area contributed by atoms with Gasteiger partial charge in [0.05, 0.1) is 0 Å². The average molecular weight is 341 g/mol. The summed E-state index contributed by atoms with van der Waals surface area (Å²) in [5.41, 5.74) is 2.51. The molecule has 2 aromatic rings. The predicted octanol–water partition coefficient (Wildman–Crippen LogP) is 3.03. The zero-order valence-corrected chi connectivity index (χ0v) is 15.4. The molecule has 0 saturated heterocycles. The van der Waals surface area contributed by atoms with Gasteiger partial charge in [0.1, 0.15) is 5.69 Å². The molecule has 1 heterocycles. The van der Waals surface area contributed by atoms with Gasteiger partial charge < -0.3 is 15.5 Å². The molecule has 6 heteroatoms. The van der Waals surface area contributed by atoms with Crippen molar-refractivity contribution < 1.29 is 4.79 Å². The molecule has 0 unspecified atom stereocenters. The lowest BCUT2D eigenvalue weighted by Crippen LogP contribution is -2.28. The Morgan fingerprint density at radius 1 is 1.20 bits per heavy atom. The number of nitrogens with one attached hydrogen (secondary N) is 2. The molecular weight excluding hydrogens is 314 g/mol. The van der Waals surface area contributed by atoms with Crippen LogP contribution in [0.5, 0.6) is 0 Å². The molecule has 2 rings (SSSR count). The summed E-state index contributed by atoms with van der Waals surface area (Å²) in [4.78, 5) is 22.9. The SMILES string of the molecule is CC(C)c1ccccc1Nc1nccc(C(=O)NCCCN(C)C)n1. The van der Waals surface area contributed by atoms with Crippen LogP contribution in [0.3, 0.4) is 0 Å². The zero-order chi connectivity index (χ0) is 18.2. The van der Waals surface area contributed by atoms with Crippen LogP contribution in [0.1, 0.15) is 42.2 Å². The number of rotatable bonds is 8. The van der Waals surface area contributed by atoms with Crippen molar-refractivity contribution in [3.8, 4) is 0 Å². The molecule has 0 spiro atoms. The molecule has 0 saturated carbocycles. The van der Waals surface area contributed by atoms with Crippen LogP contribution in [0.2, 0.25) is 0 Å². The molecular formula is C19H27N5O. The summed E-state index contributed by atoms with van der Waals surface area (Å²) in [6.45, 7) is 5.83. The van der Waals surface area contributed by atoms with Gasteiger partial charge in [0.15, 0.2) is 0 Å². The Balaban J connectivity index is 2.03. The van der Waals surface area contributed by atoms with Crippen LogP contribution in [0.15, 0.2) is 36.5 Å². The van der Waals surface area contributed by atoms with Crippen molar-refractivity contribution >= 4 is 17.5 Å². The van der Waals surface area contributed by atoms with Crippen LogP contribution in [0.4, 0.5) is 11.6 Å². The molecule has 0 aliphatic rings. The van der Waals surface area contributed by atoms with Crippen LogP contribution < -0.4 is 10.6 Å². The second kappa shape index (κ2) is 9.13. The average Bonchev–Trinajstić information content (AvgIpc) is 2.59. The summed E-state index contributed by atoms with van der Waals surface area (Å²) >= 11 is 0. The van der Waals surface area contributed by atoms with Crippen LogP contribution in [-0.4, -0.2) is 48.0 Å². The quantitative estimate of drug-likeness (QED) is 0.722. The number of hydrogen-bond acceptors (Lipinski definition) is 5. The lowest BCUT2D eigenvalue weighted by molar-refractivity contribution is 0.0947. The second-order valence-electron chi connectivity index (χ2n) is 6.55. The standard InChI is InChI=1S/C19H27N5O/c1-14(2)15-8-5-6-9-16(15)22-19-21-12-10-17(23-19)18(25)20-11-7-13-24(3)4/h5-6,8-10,12,14H,7,11,13H2,1-4H3,(H,20,25)(H,21,22,23). The molecule has 134 valence electrons. The molecule has 25 heavy (non-hydrogen) atoms. The van der Waals surface area contributed by atoms with Crippen LogP contribution in [0.25, 0.3) is 0 Å². The molecule has 2 N–H and O–H groups in total. The number of hydrogen-bond donors (Lipinski definition) is 2. The second-order valence-corrected chi connectivity index (χ2v) is 6.55. The van der Waals surface area contributed by atoms with Gasteiger partial charge in [0.25, 0.3) is 5.91 Å². The molecule has 0 radical (unpaired) electrons. The monoisotopic (exact) mass is 341 g/mol. The summed E-state index contributed by atoms with van der Waals surface area (Å²) in [5.74, 6) is 0.627. The highest BCUT2D eigenvalue weighted by Crippen LogP contribution is 2.25. The van der Waals surface area contributed by atoms with Gasteiger partial charge in [-0.1, -0.05) is 32.0 Å². The first-order chi connectivity index (χ1) is 12.0. The summed E-state index contributed by atoms with van der Waals surface area (Å²) in [6, 6.07) is 9.68. The van der Waals surface area contributed by atoms with Crippen molar-refractivity contribution in [1.29, 1.82) is 0 Å². The Morgan fingerprint density at radius 3 is 2.68 bits per heavy atom. The summed E-state index contributed by atoms with van der Waals surface area (Å²) in [6.07, 6.45) is 2.50. The van der Waals surface area contributed by atoms with E-state index in [0.29, 0.717) is 24.1 Å². The van der Waals surface area contributed by atoms with Gasteiger partial charge in [0.2, 0.25) is 5.95 Å². The molecule has 0 fully saturated rings. The molecule has 6 nitrogen and oxygen atoms in total. The van der Waals surface area contributed by atoms with E-state index in [-0.39, 0.29) is 5.91 Å². The normalized spacial score (nSPS) is 11.0. The van der Waals surface area contributed by atoms with Crippen LogP contribution >= 0.6 is 0 Å². The van der Waals surface area contributed by atoms with Gasteiger partial charge in [-0.15, -0.1) is 0 Å². The largest absolute Gasteiger partial charge is 0.351 e. The first kappa shape index (κ1) is 18.9. The smallest absolute Gasteiger partial charge is 0.270 e. The number of nitrogens with zero attached hydrogens (tertiary/aromatic N) is 3. The Bertz CT molecular complexity index is 700. The number of amides is 1. The third kappa shape index (κ3) is 5.83. The minimum atomic E-state index is -0.179. The molecule has 1 aromatic carbocycles. The maximum Gasteiger partial charge on any atom is 0.270 e. The fraction of sp³-hybridized carbons (Fsp3) is 0.421. The summed E-state index contributed by atoms with van der Waals surface area (Å²) in [5, 5.41) is 6.11. The highest BCUT2D eigenvalue weighted by molar-refractivity contribution is 5.92. The zero-order valence-electron chi connectivity index (χ0n) is 15.4. The number of anilines is 2. The molecule has 0 bridgehead atoms. The van der Waals surface area contributed by atoms with Crippen LogP contribution in [0, 0.1) is 0 Å². The Morgan fingerprint density at radius 2 is 1.96 bits per heavy atom. The van der Waals surface area contributed by atoms with Gasteiger partial charge in [0, 0.05) is 18.4 Å². The minimum Gasteiger partial charge on any atom is -0.351 e. The fourth-order valence-electron chi connectivity index (χ4n) is 2.47. The van der Waals surface area contributed by atoms with Crippen LogP contribution in [-0.2, 0) is 0 Å². The number of benzene rings is 1. The number of carbonyl (C=O) groups is 1. The molecule has 0 aliphatic carbocycles. The van der Waals surface area contributed by atoms with E-state index in [2.05, 4.69) is 45.4 Å². The molecule has 1 amide bonds. The van der Waals surface area contributed by atoms with Crippen molar-refractivity contribution in [3.05, 3.63) is 47.8 Å². The lowest BCUT2D eigenvalue weighted by atomic mass is 10.0. The van der Waals surface area contributed by atoms with E-state index in [0.717, 1.165) is 18.7 Å². The van der Waals surface area contributed by atoms with Crippen molar-refractivity contribution in [2.75, 3.05) is 32.5 Å². The molecule has 1 aromatic heterocycles. The highest BCUT2D eigenvalue weighted by atomic mass is 16.1. The highest BCUT2D eigenvalue weighted by Gasteiger charge is 2.10. The number of para-hydroxylation sites is 1. The van der Waals surface area contributed by atoms with Gasteiger partial charge in [-0.05, 0) is 50.7 Å². The first-order valence-electron chi connectivity index (χ1n) is 8.59. The topological polar surface area (TPSA) is 70.2 Å². The van der Waals surface area contributed by atoms with E-state index in [1.54, 1.807) is 12.3 Å². The van der Waals surface area contributed by atoms with E-state index in [1.165, 1.54) is 5.56 Å². The lowest BCUT2D eigenvalue weighted by Gasteiger charge is -2.14. The fourth-order valence-corrected chi connectivity index (χ4v) is 2.47. The van der Waals surface area contributed by atoms with E-state index < -0.39 is 0 Å². The Hall–Kier alpha value is -2.47. The third-order valence-electron chi connectivity index (χ3n) is 3.79. The van der Waals surface area contributed by atoms with Crippen molar-refractivity contribution in [3.63, 3.8) is 0 Å². The van der Waals surface area contributed by atoms with E-state index in [9.17, 15) is 4.79 Å². The van der Waals surface area contributed by atoms with Gasteiger partial charge in [-0.3, -0.25) is 4.79 Å². The molecule has 0 atom stereocenters. The molecule has 0 aliphatic heterocycles. The maximum atomic E-state index is 12.2.